The van der Waals surface area contributed by atoms with Crippen molar-refractivity contribution < 1.29 is 4.43 Å². The van der Waals surface area contributed by atoms with Crippen molar-refractivity contribution in [3.05, 3.63) is 0 Å². The standard InChI is InChI=1S/C15H36OSSi2/c1-6-7-8-9-10-11-13-16-19(4,5)17-14-12-15-18(2)3/h18H,6-15H2,1-5H3. The van der Waals surface area contributed by atoms with Crippen LogP contribution in [0.3, 0.4) is 0 Å². The van der Waals surface area contributed by atoms with E-state index in [0.29, 0.717) is 0 Å². The Morgan fingerprint density at radius 1 is 0.947 bits per heavy atom. The molecule has 0 unspecified atom stereocenters. The predicted octanol–water partition coefficient (Wildman–Crippen LogP) is 5.68. The van der Waals surface area contributed by atoms with Crippen LogP contribution in [0.1, 0.15) is 51.9 Å². The maximum Gasteiger partial charge on any atom is 0.247 e. The van der Waals surface area contributed by atoms with Gasteiger partial charge in [-0.05, 0) is 31.7 Å². The molecular weight excluding hydrogens is 284 g/mol. The third kappa shape index (κ3) is 15.0. The lowest BCUT2D eigenvalue weighted by atomic mass is 10.1. The minimum absolute atomic E-state index is 0.336. The molecule has 0 saturated carbocycles. The Morgan fingerprint density at radius 3 is 2.21 bits per heavy atom. The van der Waals surface area contributed by atoms with Crippen LogP contribution in [0.4, 0.5) is 0 Å². The third-order valence-corrected chi connectivity index (χ3v) is 10.0. The molecule has 0 atom stereocenters. The number of hydrogen-bond acceptors (Lipinski definition) is 2. The molecule has 0 amide bonds. The maximum absolute atomic E-state index is 6.16. The van der Waals surface area contributed by atoms with Gasteiger partial charge in [-0.1, -0.05) is 58.2 Å². The van der Waals surface area contributed by atoms with Gasteiger partial charge in [0.05, 0.1) is 0 Å². The SMILES string of the molecule is CCCCCCCCO[Si](C)(C)SCCC[SiH](C)C. The Bertz CT molecular complexity index is 199. The van der Waals surface area contributed by atoms with E-state index in [9.17, 15) is 0 Å². The van der Waals surface area contributed by atoms with Crippen LogP contribution in [-0.4, -0.2) is 28.6 Å². The van der Waals surface area contributed by atoms with Crippen molar-refractivity contribution in [2.24, 2.45) is 0 Å². The molecule has 19 heavy (non-hydrogen) atoms. The van der Waals surface area contributed by atoms with Gasteiger partial charge in [0.25, 0.3) is 0 Å². The molecule has 0 radical (unpaired) electrons. The summed E-state index contributed by atoms with van der Waals surface area (Å²) in [5.41, 5.74) is 0. The quantitative estimate of drug-likeness (QED) is 0.319. The minimum Gasteiger partial charge on any atom is -0.407 e. The van der Waals surface area contributed by atoms with E-state index >= 15 is 0 Å². The van der Waals surface area contributed by atoms with E-state index < -0.39 is 7.47 Å². The molecule has 0 fully saturated rings. The molecule has 4 heteroatoms. The second-order valence-corrected chi connectivity index (χ2v) is 17.4. The average Bonchev–Trinajstić information content (AvgIpc) is 2.33. The van der Waals surface area contributed by atoms with Crippen molar-refractivity contribution in [1.82, 2.24) is 0 Å². The van der Waals surface area contributed by atoms with Crippen LogP contribution in [0.15, 0.2) is 0 Å². The Labute approximate surface area is 128 Å². The van der Waals surface area contributed by atoms with Crippen molar-refractivity contribution in [2.75, 3.05) is 12.4 Å². The molecule has 0 heterocycles. The molecule has 0 aliphatic heterocycles. The van der Waals surface area contributed by atoms with Gasteiger partial charge in [0.2, 0.25) is 7.47 Å². The molecule has 0 aliphatic rings. The summed E-state index contributed by atoms with van der Waals surface area (Å²) in [5.74, 6) is 1.32. The molecule has 0 aromatic heterocycles. The fourth-order valence-electron chi connectivity index (χ4n) is 2.05. The molecule has 0 spiro atoms. The second kappa shape index (κ2) is 12.5. The molecule has 1 nitrogen and oxygen atoms in total. The van der Waals surface area contributed by atoms with Gasteiger partial charge < -0.3 is 4.43 Å². The summed E-state index contributed by atoms with van der Waals surface area (Å²) in [6.45, 7) is 12.9. The topological polar surface area (TPSA) is 9.23 Å². The van der Waals surface area contributed by atoms with E-state index in [-0.39, 0.29) is 8.80 Å². The van der Waals surface area contributed by atoms with Gasteiger partial charge >= 0.3 is 0 Å². The van der Waals surface area contributed by atoms with Gasteiger partial charge in [-0.2, -0.15) is 11.2 Å². The molecule has 0 aromatic rings. The first-order valence-electron chi connectivity index (χ1n) is 8.26. The normalized spacial score (nSPS) is 12.3. The van der Waals surface area contributed by atoms with E-state index in [4.69, 9.17) is 4.43 Å². The van der Waals surface area contributed by atoms with E-state index in [1.165, 1.54) is 56.7 Å². The monoisotopic (exact) mass is 320 g/mol. The van der Waals surface area contributed by atoms with Gasteiger partial charge in [-0.15, -0.1) is 0 Å². The highest BCUT2D eigenvalue weighted by Crippen LogP contribution is 2.23. The van der Waals surface area contributed by atoms with Crippen molar-refractivity contribution in [3.8, 4) is 0 Å². The van der Waals surface area contributed by atoms with Gasteiger partial charge in [-0.3, -0.25) is 0 Å². The summed E-state index contributed by atoms with van der Waals surface area (Å²) in [5, 5.41) is 0. The summed E-state index contributed by atoms with van der Waals surface area (Å²) in [6, 6.07) is 1.49. The fraction of sp³-hybridized carbons (Fsp3) is 1.00. The Hall–Kier alpha value is 0.744. The minimum atomic E-state index is -1.42. The lowest BCUT2D eigenvalue weighted by Gasteiger charge is -2.22. The van der Waals surface area contributed by atoms with Crippen LogP contribution in [0.25, 0.3) is 0 Å². The molecule has 0 rings (SSSR count). The predicted molar refractivity (Wildman–Crippen MR) is 97.6 cm³/mol. The number of hydrogen-bond donors (Lipinski definition) is 0. The highest BCUT2D eigenvalue weighted by molar-refractivity contribution is 8.27. The zero-order valence-electron chi connectivity index (χ0n) is 14.0. The zero-order chi connectivity index (χ0) is 14.6. The van der Waals surface area contributed by atoms with Crippen LogP contribution in [-0.2, 0) is 4.43 Å². The Kier molecular flexibility index (Phi) is 13.0. The summed E-state index contributed by atoms with van der Waals surface area (Å²) in [6.07, 6.45) is 9.57. The molecular formula is C15H36OSSi2. The molecule has 0 N–H and O–H groups in total. The molecule has 0 bridgehead atoms. The van der Waals surface area contributed by atoms with Gasteiger partial charge in [0.15, 0.2) is 0 Å². The second-order valence-electron chi connectivity index (χ2n) is 6.40. The zero-order valence-corrected chi connectivity index (χ0v) is 16.9. The average molecular weight is 321 g/mol. The van der Waals surface area contributed by atoms with Crippen molar-refractivity contribution >= 4 is 27.5 Å². The van der Waals surface area contributed by atoms with Crippen molar-refractivity contribution in [1.29, 1.82) is 0 Å². The van der Waals surface area contributed by atoms with Crippen LogP contribution in [0.2, 0.25) is 32.2 Å². The first-order chi connectivity index (χ1) is 8.98. The highest BCUT2D eigenvalue weighted by Gasteiger charge is 2.22. The third-order valence-electron chi connectivity index (χ3n) is 3.32. The number of rotatable bonds is 13. The Morgan fingerprint density at radius 2 is 1.58 bits per heavy atom. The molecule has 0 aromatic carbocycles. The lowest BCUT2D eigenvalue weighted by Crippen LogP contribution is -2.27. The molecule has 0 aliphatic carbocycles. The summed E-state index contributed by atoms with van der Waals surface area (Å²) < 4.78 is 6.16. The van der Waals surface area contributed by atoms with Gasteiger partial charge in [-0.25, -0.2) is 0 Å². The molecule has 116 valence electrons. The van der Waals surface area contributed by atoms with Crippen LogP contribution >= 0.6 is 11.2 Å². The summed E-state index contributed by atoms with van der Waals surface area (Å²) >= 11 is 2.13. The lowest BCUT2D eigenvalue weighted by molar-refractivity contribution is 0.307. The van der Waals surface area contributed by atoms with Gasteiger partial charge in [0.1, 0.15) is 0 Å². The first kappa shape index (κ1) is 19.7. The highest BCUT2D eigenvalue weighted by atomic mass is 32.4. The summed E-state index contributed by atoms with van der Waals surface area (Å²) in [7, 11) is -1.76. The van der Waals surface area contributed by atoms with E-state index in [1.807, 2.05) is 0 Å². The summed E-state index contributed by atoms with van der Waals surface area (Å²) in [4.78, 5) is 0. The van der Waals surface area contributed by atoms with Crippen LogP contribution in [0.5, 0.6) is 0 Å². The molecule has 0 saturated heterocycles. The van der Waals surface area contributed by atoms with E-state index in [1.54, 1.807) is 0 Å². The fourth-order valence-corrected chi connectivity index (χ4v) is 7.30. The van der Waals surface area contributed by atoms with Gasteiger partial charge in [0, 0.05) is 15.4 Å². The smallest absolute Gasteiger partial charge is 0.247 e. The van der Waals surface area contributed by atoms with Crippen LogP contribution < -0.4 is 0 Å². The largest absolute Gasteiger partial charge is 0.407 e. The Balaban J connectivity index is 3.40. The van der Waals surface area contributed by atoms with Crippen LogP contribution in [0, 0.1) is 0 Å². The maximum atomic E-state index is 6.16. The van der Waals surface area contributed by atoms with E-state index in [2.05, 4.69) is 44.3 Å². The first-order valence-corrected chi connectivity index (χ1v) is 16.0. The van der Waals surface area contributed by atoms with Crippen molar-refractivity contribution in [2.45, 2.75) is 84.1 Å². The number of unbranched alkanes of at least 4 members (excludes halogenated alkanes) is 5. The van der Waals surface area contributed by atoms with Crippen molar-refractivity contribution in [3.63, 3.8) is 0 Å². The van der Waals surface area contributed by atoms with E-state index in [0.717, 1.165) is 6.61 Å².